The van der Waals surface area contributed by atoms with Crippen LogP contribution in [0.3, 0.4) is 0 Å². The molecule has 0 bridgehead atoms. The van der Waals surface area contributed by atoms with E-state index in [0.29, 0.717) is 34.2 Å². The van der Waals surface area contributed by atoms with Crippen LogP contribution in [-0.4, -0.2) is 24.1 Å². The van der Waals surface area contributed by atoms with Gasteiger partial charge in [0.2, 0.25) is 0 Å². The Bertz CT molecular complexity index is 4800. The summed E-state index contributed by atoms with van der Waals surface area (Å²) in [6.45, 7) is 27.1. The molecular weight excluding hydrogens is 1100 g/mol. The van der Waals surface area contributed by atoms with Crippen LogP contribution in [0.4, 0.5) is 0 Å². The Morgan fingerprint density at radius 1 is 0.289 bits per heavy atom. The molecule has 0 fully saturated rings. The van der Waals surface area contributed by atoms with E-state index in [9.17, 15) is 15.8 Å². The first kappa shape index (κ1) is 58.3. The average molecular weight is 1170 g/mol. The summed E-state index contributed by atoms with van der Waals surface area (Å²) in [5.74, 6) is 1.29. The maximum atomic E-state index is 10.6. The fraction of sp³-hybridized carbons (Fsp3) is 0.195. The van der Waals surface area contributed by atoms with Gasteiger partial charge in [0.25, 0.3) is 0 Å². The summed E-state index contributed by atoms with van der Waals surface area (Å²) in [5, 5.41) is 35.6. The Morgan fingerprint density at radius 3 is 0.978 bits per heavy atom. The van der Waals surface area contributed by atoms with Gasteiger partial charge in [0.15, 0.2) is 17.5 Å². The average Bonchev–Trinajstić information content (AvgIpc) is 1.55. The highest BCUT2D eigenvalue weighted by Crippen LogP contribution is 2.45. The standard InChI is InChI=1S/C82H70N8/c1-79(2,3)57-29-35-70-66(43-57)67-44-58(80(4,5)6)30-36-71(67)89(70)74-41-54(52-22-17-19-50(39-52)47-83)27-33-64(74)77-86-76(63-26-16-15-25-62(63)61-24-14-13-21-56(61)49-85)87-78(88-77)65-34-28-55(53-23-18-20-51(40-53)48-84)42-75(65)90-72-37-31-59(81(7,8)9)45-68(72)69-46-60(82(10,11)12)32-38-73(69)90/h13-46H,1-12H3. The number of hydrogen-bond acceptors (Lipinski definition) is 6. The number of benzene rings is 10. The Labute approximate surface area is 527 Å². The number of nitriles is 3. The van der Waals surface area contributed by atoms with Crippen LogP contribution in [0.15, 0.2) is 206 Å². The maximum Gasteiger partial charge on any atom is 0.166 e. The summed E-state index contributed by atoms with van der Waals surface area (Å²) in [6, 6.07) is 78.8. The van der Waals surface area contributed by atoms with Gasteiger partial charge in [-0.15, -0.1) is 0 Å². The molecule has 90 heavy (non-hydrogen) atoms. The second-order valence-corrected chi connectivity index (χ2v) is 28.0. The topological polar surface area (TPSA) is 120 Å². The molecule has 0 aliphatic heterocycles. The first-order valence-electron chi connectivity index (χ1n) is 30.8. The van der Waals surface area contributed by atoms with Crippen molar-refractivity contribution in [1.29, 1.82) is 15.8 Å². The zero-order chi connectivity index (χ0) is 63.2. The van der Waals surface area contributed by atoms with Crippen molar-refractivity contribution in [2.45, 2.75) is 105 Å². The van der Waals surface area contributed by atoms with Gasteiger partial charge in [-0.05, 0) is 175 Å². The van der Waals surface area contributed by atoms with Crippen molar-refractivity contribution in [2.75, 3.05) is 0 Å². The number of aromatic nitrogens is 5. The van der Waals surface area contributed by atoms with E-state index in [1.807, 2.05) is 84.9 Å². The van der Waals surface area contributed by atoms with Gasteiger partial charge in [0.05, 0.1) is 68.3 Å². The highest BCUT2D eigenvalue weighted by molar-refractivity contribution is 6.12. The second kappa shape index (κ2) is 21.8. The van der Waals surface area contributed by atoms with Crippen molar-refractivity contribution in [3.05, 3.63) is 245 Å². The lowest BCUT2D eigenvalue weighted by atomic mass is 9.85. The van der Waals surface area contributed by atoms with E-state index < -0.39 is 0 Å². The van der Waals surface area contributed by atoms with E-state index in [2.05, 4.69) is 232 Å². The fourth-order valence-corrected chi connectivity index (χ4v) is 12.6. The first-order valence-corrected chi connectivity index (χ1v) is 30.8. The lowest BCUT2D eigenvalue weighted by Gasteiger charge is -2.20. The van der Waals surface area contributed by atoms with E-state index in [4.69, 9.17) is 15.0 Å². The third-order valence-corrected chi connectivity index (χ3v) is 17.7. The highest BCUT2D eigenvalue weighted by atomic mass is 15.1. The number of rotatable bonds is 8. The van der Waals surface area contributed by atoms with Crippen molar-refractivity contribution >= 4 is 43.6 Å². The lowest BCUT2D eigenvalue weighted by Crippen LogP contribution is -2.10. The van der Waals surface area contributed by atoms with Gasteiger partial charge in [-0.2, -0.15) is 15.8 Å². The van der Waals surface area contributed by atoms with Crippen LogP contribution in [-0.2, 0) is 21.7 Å². The summed E-state index contributed by atoms with van der Waals surface area (Å²) >= 11 is 0. The molecule has 438 valence electrons. The molecular formula is C82H70N8. The van der Waals surface area contributed by atoms with Gasteiger partial charge in [-0.1, -0.05) is 186 Å². The van der Waals surface area contributed by atoms with Crippen LogP contribution in [0, 0.1) is 34.0 Å². The molecule has 0 aliphatic carbocycles. The molecule has 0 spiro atoms. The summed E-state index contributed by atoms with van der Waals surface area (Å²) in [4.78, 5) is 17.0. The minimum Gasteiger partial charge on any atom is -0.308 e. The molecule has 10 aromatic carbocycles. The smallest absolute Gasteiger partial charge is 0.166 e. The molecule has 0 unspecified atom stereocenters. The quantitative estimate of drug-likeness (QED) is 0.149. The summed E-state index contributed by atoms with van der Waals surface area (Å²) in [5.41, 5.74) is 19.3. The minimum atomic E-state index is -0.121. The van der Waals surface area contributed by atoms with E-state index in [-0.39, 0.29) is 21.7 Å². The largest absolute Gasteiger partial charge is 0.308 e. The molecule has 8 heteroatoms. The molecule has 0 amide bonds. The molecule has 0 N–H and O–H groups in total. The molecule has 0 saturated carbocycles. The van der Waals surface area contributed by atoms with E-state index >= 15 is 0 Å². The third kappa shape index (κ3) is 10.5. The van der Waals surface area contributed by atoms with Crippen LogP contribution in [0.1, 0.15) is 122 Å². The minimum absolute atomic E-state index is 0.121. The second-order valence-electron chi connectivity index (χ2n) is 28.0. The number of hydrogen-bond donors (Lipinski definition) is 0. The van der Waals surface area contributed by atoms with Gasteiger partial charge >= 0.3 is 0 Å². The molecule has 3 aromatic heterocycles. The number of nitrogens with zero attached hydrogens (tertiary/aromatic N) is 8. The Kier molecular flexibility index (Phi) is 14.2. The Morgan fingerprint density at radius 2 is 0.622 bits per heavy atom. The fourth-order valence-electron chi connectivity index (χ4n) is 12.6. The van der Waals surface area contributed by atoms with Crippen molar-refractivity contribution in [1.82, 2.24) is 24.1 Å². The van der Waals surface area contributed by atoms with Crippen molar-refractivity contribution < 1.29 is 0 Å². The monoisotopic (exact) mass is 1170 g/mol. The highest BCUT2D eigenvalue weighted by Gasteiger charge is 2.28. The normalized spacial score (nSPS) is 12.2. The van der Waals surface area contributed by atoms with Gasteiger partial charge < -0.3 is 9.13 Å². The van der Waals surface area contributed by atoms with E-state index in [1.165, 1.54) is 22.3 Å². The molecule has 0 aliphatic rings. The zero-order valence-electron chi connectivity index (χ0n) is 53.2. The van der Waals surface area contributed by atoms with E-state index in [0.717, 1.165) is 105 Å². The number of fused-ring (bicyclic) bond motifs is 6. The summed E-state index contributed by atoms with van der Waals surface area (Å²) in [6.07, 6.45) is 0. The summed E-state index contributed by atoms with van der Waals surface area (Å²) in [7, 11) is 0. The van der Waals surface area contributed by atoms with Crippen LogP contribution < -0.4 is 0 Å². The van der Waals surface area contributed by atoms with Gasteiger partial charge in [0.1, 0.15) is 0 Å². The van der Waals surface area contributed by atoms with Crippen LogP contribution in [0.5, 0.6) is 0 Å². The predicted molar refractivity (Wildman–Crippen MR) is 370 cm³/mol. The molecule has 0 saturated heterocycles. The van der Waals surface area contributed by atoms with Crippen LogP contribution in [0.25, 0.3) is 123 Å². The third-order valence-electron chi connectivity index (χ3n) is 17.7. The van der Waals surface area contributed by atoms with Crippen molar-refractivity contribution in [3.8, 4) is 97.1 Å². The zero-order valence-corrected chi connectivity index (χ0v) is 53.2. The van der Waals surface area contributed by atoms with Gasteiger partial charge in [0, 0.05) is 43.8 Å². The van der Waals surface area contributed by atoms with Gasteiger partial charge in [-0.25, -0.2) is 15.0 Å². The SMILES string of the molecule is CC(C)(C)c1ccc2c(c1)c1cc(C(C)(C)C)ccc1n2-c1cc(-c2cccc(C#N)c2)ccc1-c1nc(-c2ccccc2-c2ccccc2C#N)nc(-c2ccc(-c3cccc(C#N)c3)cc2-n2c3ccc(C(C)(C)C)cc3c3cc(C(C)(C)C)ccc32)n1. The van der Waals surface area contributed by atoms with Gasteiger partial charge in [-0.3, -0.25) is 0 Å². The van der Waals surface area contributed by atoms with Crippen LogP contribution >= 0.6 is 0 Å². The molecule has 13 rings (SSSR count). The lowest BCUT2D eigenvalue weighted by molar-refractivity contribution is 0.590. The molecule has 13 aromatic rings. The maximum absolute atomic E-state index is 10.6. The predicted octanol–water partition coefficient (Wildman–Crippen LogP) is 20.9. The van der Waals surface area contributed by atoms with Crippen LogP contribution in [0.2, 0.25) is 0 Å². The Balaban J connectivity index is 1.17. The molecule has 3 heterocycles. The summed E-state index contributed by atoms with van der Waals surface area (Å²) < 4.78 is 4.73. The van der Waals surface area contributed by atoms with E-state index in [1.54, 1.807) is 0 Å². The Hall–Kier alpha value is -10.7. The molecule has 0 atom stereocenters. The first-order chi connectivity index (χ1) is 43.0. The molecule has 0 radical (unpaired) electrons. The molecule has 8 nitrogen and oxygen atoms in total. The van der Waals surface area contributed by atoms with Crippen molar-refractivity contribution in [2.24, 2.45) is 0 Å². The van der Waals surface area contributed by atoms with Crippen molar-refractivity contribution in [3.63, 3.8) is 0 Å².